The van der Waals surface area contributed by atoms with E-state index in [4.69, 9.17) is 4.98 Å². The number of rotatable bonds is 6. The second-order valence-corrected chi connectivity index (χ2v) is 6.51. The minimum Gasteiger partial charge on any atom is -0.294 e. The van der Waals surface area contributed by atoms with Crippen LogP contribution in [0.3, 0.4) is 0 Å². The largest absolute Gasteiger partial charge is 0.294 e. The van der Waals surface area contributed by atoms with Crippen molar-refractivity contribution < 1.29 is 0 Å². The van der Waals surface area contributed by atoms with Crippen LogP contribution in [-0.2, 0) is 13.1 Å². The second-order valence-electron chi connectivity index (χ2n) is 5.62. The first kappa shape index (κ1) is 15.2. The van der Waals surface area contributed by atoms with Crippen LogP contribution in [0.5, 0.6) is 0 Å². The maximum absolute atomic E-state index is 4.73. The van der Waals surface area contributed by atoms with E-state index >= 15 is 0 Å². The molecule has 0 unspecified atom stereocenters. The van der Waals surface area contributed by atoms with Gasteiger partial charge in [0.2, 0.25) is 0 Å². The van der Waals surface area contributed by atoms with Crippen molar-refractivity contribution >= 4 is 11.3 Å². The number of nitrogens with zero attached hydrogens (tertiary/aromatic N) is 2. The molecule has 0 radical (unpaired) electrons. The Morgan fingerprint density at radius 3 is 2.65 bits per heavy atom. The number of benzene rings is 1. The zero-order valence-corrected chi connectivity index (χ0v) is 13.7. The van der Waals surface area contributed by atoms with E-state index in [1.165, 1.54) is 21.8 Å². The van der Waals surface area contributed by atoms with E-state index in [1.54, 1.807) is 11.3 Å². The first-order chi connectivity index (χ1) is 9.58. The molecule has 0 amide bonds. The summed E-state index contributed by atoms with van der Waals surface area (Å²) in [7, 11) is 0. The minimum absolute atomic E-state index is 0.528. The highest BCUT2D eigenvalue weighted by Gasteiger charge is 2.10. The fourth-order valence-electron chi connectivity index (χ4n) is 2.24. The Balaban J connectivity index is 2.01. The molecule has 0 N–H and O–H groups in total. The van der Waals surface area contributed by atoms with Gasteiger partial charge in [0.15, 0.2) is 0 Å². The summed E-state index contributed by atoms with van der Waals surface area (Å²) in [6.45, 7) is 11.7. The molecule has 1 aromatic carbocycles. The molecular formula is C17H24N2S. The Labute approximate surface area is 126 Å². The van der Waals surface area contributed by atoms with Crippen LogP contribution in [0.15, 0.2) is 29.6 Å². The van der Waals surface area contributed by atoms with Crippen LogP contribution in [0.2, 0.25) is 0 Å². The van der Waals surface area contributed by atoms with E-state index in [1.807, 2.05) is 0 Å². The van der Waals surface area contributed by atoms with E-state index in [0.717, 1.165) is 19.6 Å². The molecular weight excluding hydrogens is 264 g/mol. The van der Waals surface area contributed by atoms with Crippen molar-refractivity contribution in [2.24, 2.45) is 0 Å². The first-order valence-corrected chi connectivity index (χ1v) is 8.18. The number of hydrogen-bond acceptors (Lipinski definition) is 3. The molecule has 0 aliphatic heterocycles. The summed E-state index contributed by atoms with van der Waals surface area (Å²) in [5.74, 6) is 0.528. The summed E-state index contributed by atoms with van der Waals surface area (Å²) >= 11 is 1.78. The molecule has 0 spiro atoms. The zero-order valence-electron chi connectivity index (χ0n) is 12.9. The summed E-state index contributed by atoms with van der Waals surface area (Å²) in [4.78, 5) is 7.17. The van der Waals surface area contributed by atoms with Crippen LogP contribution >= 0.6 is 11.3 Å². The first-order valence-electron chi connectivity index (χ1n) is 7.30. The number of thiazole rings is 1. The topological polar surface area (TPSA) is 16.1 Å². The molecule has 2 aromatic rings. The summed E-state index contributed by atoms with van der Waals surface area (Å²) in [6, 6.07) is 8.76. The van der Waals surface area contributed by atoms with Gasteiger partial charge >= 0.3 is 0 Å². The summed E-state index contributed by atoms with van der Waals surface area (Å²) in [6.07, 6.45) is 0. The molecule has 0 saturated heterocycles. The second kappa shape index (κ2) is 7.00. The highest BCUT2D eigenvalue weighted by atomic mass is 32.1. The predicted octanol–water partition coefficient (Wildman–Crippen LogP) is 4.60. The van der Waals surface area contributed by atoms with Crippen molar-refractivity contribution in [3.8, 4) is 0 Å². The van der Waals surface area contributed by atoms with E-state index in [0.29, 0.717) is 5.92 Å². The molecule has 2 nitrogen and oxygen atoms in total. The van der Waals surface area contributed by atoms with Crippen LogP contribution in [-0.4, -0.2) is 16.4 Å². The quantitative estimate of drug-likeness (QED) is 0.772. The molecule has 0 aliphatic carbocycles. The highest BCUT2D eigenvalue weighted by Crippen LogP contribution is 2.20. The monoisotopic (exact) mass is 288 g/mol. The Bertz CT molecular complexity index is 545. The fourth-order valence-corrected chi connectivity index (χ4v) is 3.06. The van der Waals surface area contributed by atoms with Crippen molar-refractivity contribution in [1.29, 1.82) is 0 Å². The lowest BCUT2D eigenvalue weighted by atomic mass is 10.1. The average molecular weight is 288 g/mol. The van der Waals surface area contributed by atoms with E-state index in [2.05, 4.69) is 62.2 Å². The predicted molar refractivity (Wildman–Crippen MR) is 87.2 cm³/mol. The number of aromatic nitrogens is 1. The van der Waals surface area contributed by atoms with Gasteiger partial charge in [0.25, 0.3) is 0 Å². The summed E-state index contributed by atoms with van der Waals surface area (Å²) in [5, 5.41) is 3.44. The van der Waals surface area contributed by atoms with E-state index < -0.39 is 0 Å². The van der Waals surface area contributed by atoms with Gasteiger partial charge in [-0.1, -0.05) is 50.6 Å². The van der Waals surface area contributed by atoms with Crippen molar-refractivity contribution in [3.63, 3.8) is 0 Å². The molecule has 3 heteroatoms. The van der Waals surface area contributed by atoms with E-state index in [9.17, 15) is 0 Å². The standard InChI is InChI=1S/C17H24N2S/c1-5-19(10-15-8-6-7-14(4)9-15)11-16-12-20-17(18-16)13(2)3/h6-9,12-13H,5,10-11H2,1-4H3. The SMILES string of the molecule is CCN(Cc1cccc(C)c1)Cc1csc(C(C)C)n1. The van der Waals surface area contributed by atoms with Gasteiger partial charge < -0.3 is 0 Å². The van der Waals surface area contributed by atoms with Gasteiger partial charge in [0.1, 0.15) is 0 Å². The van der Waals surface area contributed by atoms with Gasteiger partial charge in [-0.2, -0.15) is 0 Å². The van der Waals surface area contributed by atoms with Gasteiger partial charge in [-0.15, -0.1) is 11.3 Å². The van der Waals surface area contributed by atoms with Crippen LogP contribution in [0.25, 0.3) is 0 Å². The molecule has 0 fully saturated rings. The number of hydrogen-bond donors (Lipinski definition) is 0. The molecule has 2 rings (SSSR count). The third-order valence-electron chi connectivity index (χ3n) is 3.38. The summed E-state index contributed by atoms with van der Waals surface area (Å²) in [5.41, 5.74) is 3.91. The molecule has 1 aromatic heterocycles. The molecule has 0 bridgehead atoms. The molecule has 0 atom stereocenters. The van der Waals surface area contributed by atoms with Crippen molar-refractivity contribution in [2.45, 2.75) is 46.7 Å². The maximum Gasteiger partial charge on any atom is 0.0954 e. The number of aryl methyl sites for hydroxylation is 1. The van der Waals surface area contributed by atoms with Gasteiger partial charge in [0, 0.05) is 24.4 Å². The van der Waals surface area contributed by atoms with Gasteiger partial charge in [-0.3, -0.25) is 4.90 Å². The Morgan fingerprint density at radius 1 is 1.25 bits per heavy atom. The highest BCUT2D eigenvalue weighted by molar-refractivity contribution is 7.09. The normalized spacial score (nSPS) is 11.5. The van der Waals surface area contributed by atoms with Gasteiger partial charge in [-0.25, -0.2) is 4.98 Å². The van der Waals surface area contributed by atoms with Crippen molar-refractivity contribution in [3.05, 3.63) is 51.5 Å². The fraction of sp³-hybridized carbons (Fsp3) is 0.471. The Hall–Kier alpha value is -1.19. The van der Waals surface area contributed by atoms with Crippen LogP contribution in [0.4, 0.5) is 0 Å². The lowest BCUT2D eigenvalue weighted by Crippen LogP contribution is -2.22. The van der Waals surface area contributed by atoms with Gasteiger partial charge in [-0.05, 0) is 19.0 Å². The van der Waals surface area contributed by atoms with Crippen LogP contribution in [0, 0.1) is 6.92 Å². The van der Waals surface area contributed by atoms with E-state index in [-0.39, 0.29) is 0 Å². The lowest BCUT2D eigenvalue weighted by molar-refractivity contribution is 0.268. The van der Waals surface area contributed by atoms with Crippen molar-refractivity contribution in [2.75, 3.05) is 6.54 Å². The molecule has 0 saturated carbocycles. The molecule has 1 heterocycles. The molecule has 108 valence electrons. The zero-order chi connectivity index (χ0) is 14.5. The smallest absolute Gasteiger partial charge is 0.0954 e. The average Bonchev–Trinajstić information content (AvgIpc) is 2.87. The van der Waals surface area contributed by atoms with Crippen LogP contribution in [0.1, 0.15) is 48.5 Å². The minimum atomic E-state index is 0.528. The van der Waals surface area contributed by atoms with Crippen molar-refractivity contribution in [1.82, 2.24) is 9.88 Å². The summed E-state index contributed by atoms with van der Waals surface area (Å²) < 4.78 is 0. The Morgan fingerprint density at radius 2 is 2.05 bits per heavy atom. The maximum atomic E-state index is 4.73. The molecule has 20 heavy (non-hydrogen) atoms. The Kier molecular flexibility index (Phi) is 5.32. The third-order valence-corrected chi connectivity index (χ3v) is 4.58. The van der Waals surface area contributed by atoms with Gasteiger partial charge in [0.05, 0.1) is 10.7 Å². The van der Waals surface area contributed by atoms with Crippen LogP contribution < -0.4 is 0 Å². The lowest BCUT2D eigenvalue weighted by Gasteiger charge is -2.19. The molecule has 0 aliphatic rings. The third kappa shape index (κ3) is 4.15.